The summed E-state index contributed by atoms with van der Waals surface area (Å²) in [5.74, 6) is 0.438. The number of likely N-dealkylation sites (tertiary alicyclic amines) is 1. The van der Waals surface area contributed by atoms with Crippen molar-refractivity contribution in [3.63, 3.8) is 0 Å². The van der Waals surface area contributed by atoms with E-state index in [1.807, 2.05) is 20.8 Å². The Morgan fingerprint density at radius 2 is 1.88 bits per heavy atom. The van der Waals surface area contributed by atoms with Crippen LogP contribution < -0.4 is 0 Å². The highest BCUT2D eigenvalue weighted by atomic mass is 16.6. The second kappa shape index (κ2) is 4.00. The molecule has 17 heavy (non-hydrogen) atoms. The highest BCUT2D eigenvalue weighted by Crippen LogP contribution is 2.43. The molecule has 0 spiro atoms. The summed E-state index contributed by atoms with van der Waals surface area (Å²) in [6.45, 7) is 7.12. The number of rotatable bonds is 1. The Bertz CT molecular complexity index is 345. The van der Waals surface area contributed by atoms with E-state index in [1.165, 1.54) is 0 Å². The average Bonchev–Trinajstić information content (AvgIpc) is 2.72. The monoisotopic (exact) mass is 239 g/mol. The number of carbonyl (C=O) groups is 2. The van der Waals surface area contributed by atoms with E-state index < -0.39 is 5.60 Å². The molecule has 96 valence electrons. The van der Waals surface area contributed by atoms with Crippen molar-refractivity contribution >= 4 is 11.9 Å². The van der Waals surface area contributed by atoms with Crippen LogP contribution in [0.2, 0.25) is 0 Å². The number of nitrogens with zero attached hydrogens (tertiary/aromatic N) is 1. The minimum atomic E-state index is -0.500. The molecule has 0 radical (unpaired) electrons. The Balaban J connectivity index is 2.14. The third-order valence-corrected chi connectivity index (χ3v) is 3.61. The van der Waals surface area contributed by atoms with Crippen molar-refractivity contribution in [1.29, 1.82) is 0 Å². The second-order valence-electron chi connectivity index (χ2n) is 6.17. The fourth-order valence-electron chi connectivity index (χ4n) is 3.09. The van der Waals surface area contributed by atoms with Gasteiger partial charge in [-0.25, -0.2) is 4.79 Å². The van der Waals surface area contributed by atoms with Crippen LogP contribution in [0.5, 0.6) is 0 Å². The normalized spacial score (nSPS) is 31.8. The van der Waals surface area contributed by atoms with Crippen LogP contribution in [0.15, 0.2) is 0 Å². The highest BCUT2D eigenvalue weighted by molar-refractivity contribution is 5.87. The minimum absolute atomic E-state index is 0.0862. The number of Topliss-reactive ketones (excluding diaryl/α,β-unsaturated/α-hetero) is 1. The maximum atomic E-state index is 12.1. The lowest BCUT2D eigenvalue weighted by atomic mass is 9.96. The fourth-order valence-corrected chi connectivity index (χ4v) is 3.09. The third-order valence-electron chi connectivity index (χ3n) is 3.61. The molecule has 1 aliphatic carbocycles. The minimum Gasteiger partial charge on any atom is -0.444 e. The second-order valence-corrected chi connectivity index (χ2v) is 6.17. The molecule has 4 heteroatoms. The molecule has 0 aromatic heterocycles. The van der Waals surface area contributed by atoms with Gasteiger partial charge in [0.2, 0.25) is 0 Å². The predicted octanol–water partition coefficient (Wildman–Crippen LogP) is 2.36. The van der Waals surface area contributed by atoms with Crippen LogP contribution >= 0.6 is 0 Å². The Hall–Kier alpha value is -1.06. The Kier molecular flexibility index (Phi) is 2.92. The Morgan fingerprint density at radius 1 is 1.24 bits per heavy atom. The number of hydrogen-bond donors (Lipinski definition) is 0. The van der Waals surface area contributed by atoms with Crippen LogP contribution in [0, 0.1) is 5.92 Å². The molecule has 1 saturated carbocycles. The first-order valence-corrected chi connectivity index (χ1v) is 6.31. The number of amides is 1. The van der Waals surface area contributed by atoms with E-state index in [0.29, 0.717) is 5.92 Å². The largest absolute Gasteiger partial charge is 0.444 e. The molecule has 1 heterocycles. The molecule has 3 atom stereocenters. The lowest BCUT2D eigenvalue weighted by Gasteiger charge is -2.35. The quantitative estimate of drug-likeness (QED) is 0.705. The van der Waals surface area contributed by atoms with Crippen LogP contribution in [0.4, 0.5) is 4.79 Å². The Morgan fingerprint density at radius 3 is 2.41 bits per heavy atom. The molecule has 1 aliphatic heterocycles. The Labute approximate surface area is 102 Å². The van der Waals surface area contributed by atoms with Gasteiger partial charge in [0.25, 0.3) is 0 Å². The van der Waals surface area contributed by atoms with E-state index in [-0.39, 0.29) is 24.0 Å². The molecule has 4 nitrogen and oxygen atoms in total. The zero-order chi connectivity index (χ0) is 12.8. The van der Waals surface area contributed by atoms with Gasteiger partial charge in [0.1, 0.15) is 5.60 Å². The van der Waals surface area contributed by atoms with E-state index in [9.17, 15) is 9.59 Å². The summed E-state index contributed by atoms with van der Waals surface area (Å²) in [4.78, 5) is 25.5. The van der Waals surface area contributed by atoms with Crippen LogP contribution in [-0.4, -0.2) is 34.5 Å². The molecule has 2 fully saturated rings. The van der Waals surface area contributed by atoms with Gasteiger partial charge in [-0.15, -0.1) is 0 Å². The highest BCUT2D eigenvalue weighted by Gasteiger charge is 2.51. The molecule has 2 unspecified atom stereocenters. The van der Waals surface area contributed by atoms with Gasteiger partial charge in [0.05, 0.1) is 6.04 Å². The molecule has 0 aromatic rings. The van der Waals surface area contributed by atoms with Crippen molar-refractivity contribution in [3.8, 4) is 0 Å². The van der Waals surface area contributed by atoms with Gasteiger partial charge in [0.15, 0.2) is 5.78 Å². The van der Waals surface area contributed by atoms with Crippen LogP contribution in [-0.2, 0) is 9.53 Å². The summed E-state index contributed by atoms with van der Waals surface area (Å²) >= 11 is 0. The zero-order valence-electron chi connectivity index (χ0n) is 11.0. The number of fused-ring (bicyclic) bond motifs is 2. The summed E-state index contributed by atoms with van der Waals surface area (Å²) in [6, 6.07) is -0.0349. The van der Waals surface area contributed by atoms with Gasteiger partial charge < -0.3 is 4.74 Å². The SMILES string of the molecule is CC(=O)[C@@H]1C2CCC(C2)N1C(=O)OC(C)(C)C. The molecule has 1 saturated heterocycles. The van der Waals surface area contributed by atoms with E-state index in [2.05, 4.69) is 0 Å². The van der Waals surface area contributed by atoms with Crippen molar-refractivity contribution in [1.82, 2.24) is 4.90 Å². The van der Waals surface area contributed by atoms with Crippen molar-refractivity contribution in [3.05, 3.63) is 0 Å². The smallest absolute Gasteiger partial charge is 0.411 e. The third kappa shape index (κ3) is 2.31. The van der Waals surface area contributed by atoms with Gasteiger partial charge in [0, 0.05) is 6.04 Å². The van der Waals surface area contributed by atoms with Gasteiger partial charge in [-0.3, -0.25) is 9.69 Å². The zero-order valence-corrected chi connectivity index (χ0v) is 11.0. The summed E-state index contributed by atoms with van der Waals surface area (Å²) in [7, 11) is 0. The molecule has 0 N–H and O–H groups in total. The summed E-state index contributed by atoms with van der Waals surface area (Å²) < 4.78 is 5.39. The predicted molar refractivity (Wildman–Crippen MR) is 63.7 cm³/mol. The van der Waals surface area contributed by atoms with Crippen LogP contribution in [0.1, 0.15) is 47.0 Å². The summed E-state index contributed by atoms with van der Waals surface area (Å²) in [5, 5.41) is 0. The van der Waals surface area contributed by atoms with Crippen molar-refractivity contribution in [2.45, 2.75) is 64.6 Å². The molecular formula is C13H21NO3. The molecular weight excluding hydrogens is 218 g/mol. The maximum Gasteiger partial charge on any atom is 0.411 e. The van der Waals surface area contributed by atoms with Gasteiger partial charge in [-0.1, -0.05) is 0 Å². The average molecular weight is 239 g/mol. The van der Waals surface area contributed by atoms with Crippen molar-refractivity contribution in [2.75, 3.05) is 0 Å². The number of hydrogen-bond acceptors (Lipinski definition) is 3. The molecule has 2 bridgehead atoms. The topological polar surface area (TPSA) is 46.6 Å². The first kappa shape index (κ1) is 12.4. The van der Waals surface area contributed by atoms with Gasteiger partial charge >= 0.3 is 6.09 Å². The lowest BCUT2D eigenvalue weighted by Crippen LogP contribution is -2.50. The maximum absolute atomic E-state index is 12.1. The molecule has 0 aromatic carbocycles. The fraction of sp³-hybridized carbons (Fsp3) is 0.846. The van der Waals surface area contributed by atoms with E-state index >= 15 is 0 Å². The number of piperidine rings is 1. The van der Waals surface area contributed by atoms with E-state index in [1.54, 1.807) is 11.8 Å². The first-order valence-electron chi connectivity index (χ1n) is 6.31. The number of ketones is 1. The van der Waals surface area contributed by atoms with Crippen LogP contribution in [0.25, 0.3) is 0 Å². The number of ether oxygens (including phenoxy) is 1. The first-order chi connectivity index (χ1) is 7.79. The van der Waals surface area contributed by atoms with E-state index in [0.717, 1.165) is 19.3 Å². The van der Waals surface area contributed by atoms with E-state index in [4.69, 9.17) is 4.74 Å². The van der Waals surface area contributed by atoms with Crippen molar-refractivity contribution < 1.29 is 14.3 Å². The molecule has 2 rings (SSSR count). The molecule has 1 amide bonds. The molecule has 2 aliphatic rings. The van der Waals surface area contributed by atoms with Gasteiger partial charge in [-0.05, 0) is 52.9 Å². The standard InChI is InChI=1S/C13H21NO3/c1-8(15)11-9-5-6-10(7-9)14(11)12(16)17-13(2,3)4/h9-11H,5-7H2,1-4H3/t9?,10?,11-/m1/s1. The van der Waals surface area contributed by atoms with Crippen LogP contribution in [0.3, 0.4) is 0 Å². The summed E-state index contributed by atoms with van der Waals surface area (Å²) in [5.41, 5.74) is -0.500. The lowest BCUT2D eigenvalue weighted by molar-refractivity contribution is -0.123. The summed E-state index contributed by atoms with van der Waals surface area (Å²) in [6.07, 6.45) is 2.70. The van der Waals surface area contributed by atoms with Gasteiger partial charge in [-0.2, -0.15) is 0 Å². The van der Waals surface area contributed by atoms with Crippen molar-refractivity contribution in [2.24, 2.45) is 5.92 Å². The number of carbonyl (C=O) groups excluding carboxylic acids is 2.